The fourth-order valence-electron chi connectivity index (χ4n) is 4.74. The molecule has 4 N–H and O–H groups in total. The fourth-order valence-corrected chi connectivity index (χ4v) is 4.74. The number of benzene rings is 1. The van der Waals surface area contributed by atoms with Crippen LogP contribution in [0.4, 0.5) is 5.69 Å². The van der Waals surface area contributed by atoms with Crippen molar-refractivity contribution in [3.8, 4) is 0 Å². The Hall–Kier alpha value is -2.73. The van der Waals surface area contributed by atoms with Crippen LogP contribution in [-0.4, -0.2) is 22.8 Å². The van der Waals surface area contributed by atoms with E-state index >= 15 is 0 Å². The van der Waals surface area contributed by atoms with Crippen LogP contribution in [0, 0.1) is 17.8 Å². The number of carbonyl (C=O) groups excluding carboxylic acids is 2. The molecular formula is C23H28N4O2. The largest absolute Gasteiger partial charge is 0.352 e. The molecule has 2 aliphatic rings. The van der Waals surface area contributed by atoms with Crippen molar-refractivity contribution in [1.29, 1.82) is 0 Å². The lowest BCUT2D eigenvalue weighted by atomic mass is 9.65. The van der Waals surface area contributed by atoms with E-state index < -0.39 is 0 Å². The summed E-state index contributed by atoms with van der Waals surface area (Å²) in [6.07, 6.45) is 8.58. The van der Waals surface area contributed by atoms with Gasteiger partial charge in [0.05, 0.1) is 5.56 Å². The average Bonchev–Trinajstić information content (AvgIpc) is 2.73. The van der Waals surface area contributed by atoms with Gasteiger partial charge in [0, 0.05) is 36.6 Å². The highest BCUT2D eigenvalue weighted by Crippen LogP contribution is 2.41. The van der Waals surface area contributed by atoms with E-state index in [1.54, 1.807) is 18.3 Å². The van der Waals surface area contributed by atoms with Crippen LogP contribution in [0.2, 0.25) is 0 Å². The van der Waals surface area contributed by atoms with Crippen LogP contribution in [0.5, 0.6) is 0 Å². The van der Waals surface area contributed by atoms with Crippen LogP contribution < -0.4 is 16.4 Å². The van der Waals surface area contributed by atoms with E-state index in [1.165, 1.54) is 12.6 Å². The summed E-state index contributed by atoms with van der Waals surface area (Å²) in [6, 6.07) is 11.3. The van der Waals surface area contributed by atoms with Gasteiger partial charge in [0.1, 0.15) is 0 Å². The van der Waals surface area contributed by atoms with Gasteiger partial charge in [-0.1, -0.05) is 18.6 Å². The van der Waals surface area contributed by atoms with E-state index in [0.717, 1.165) is 31.2 Å². The summed E-state index contributed by atoms with van der Waals surface area (Å²) >= 11 is 0. The molecule has 2 fully saturated rings. The van der Waals surface area contributed by atoms with Crippen LogP contribution >= 0.6 is 0 Å². The maximum atomic E-state index is 12.7. The number of anilines is 1. The standard InChI is InChI=1S/C23H28N4O2/c24-21-16-3-1-4-17(21)12-19(11-16)22(28)26-13-15-6-8-20(9-7-15)27-23(29)18-5-2-10-25-14-18/h2,5-10,14,16-17,19,21H,1,3-4,11-13,24H2,(H,26,28)(H,27,29). The highest BCUT2D eigenvalue weighted by atomic mass is 16.2. The minimum atomic E-state index is -0.194. The zero-order valence-corrected chi connectivity index (χ0v) is 16.5. The normalized spacial score (nSPS) is 25.8. The molecule has 1 aromatic carbocycles. The molecule has 2 aliphatic carbocycles. The molecule has 2 bridgehead atoms. The second-order valence-electron chi connectivity index (χ2n) is 8.31. The van der Waals surface area contributed by atoms with Crippen molar-refractivity contribution < 1.29 is 9.59 Å². The Labute approximate surface area is 171 Å². The summed E-state index contributed by atoms with van der Waals surface area (Å²) in [7, 11) is 0. The molecule has 0 aliphatic heterocycles. The molecule has 2 saturated carbocycles. The number of nitrogens with zero attached hydrogens (tertiary/aromatic N) is 1. The molecule has 2 amide bonds. The van der Waals surface area contributed by atoms with Crippen molar-refractivity contribution in [3.63, 3.8) is 0 Å². The van der Waals surface area contributed by atoms with Gasteiger partial charge in [0.25, 0.3) is 5.91 Å². The lowest BCUT2D eigenvalue weighted by molar-refractivity contribution is -0.128. The molecule has 0 spiro atoms. The van der Waals surface area contributed by atoms with Gasteiger partial charge < -0.3 is 16.4 Å². The third-order valence-corrected chi connectivity index (χ3v) is 6.39. The number of fused-ring (bicyclic) bond motifs is 2. The van der Waals surface area contributed by atoms with Crippen LogP contribution in [0.25, 0.3) is 0 Å². The predicted molar refractivity (Wildman–Crippen MR) is 112 cm³/mol. The molecule has 2 unspecified atom stereocenters. The van der Waals surface area contributed by atoms with Crippen molar-refractivity contribution in [2.24, 2.45) is 23.5 Å². The lowest BCUT2D eigenvalue weighted by Crippen LogP contribution is -2.49. The van der Waals surface area contributed by atoms with E-state index in [9.17, 15) is 9.59 Å². The van der Waals surface area contributed by atoms with Crippen molar-refractivity contribution in [1.82, 2.24) is 10.3 Å². The van der Waals surface area contributed by atoms with Gasteiger partial charge in [0.2, 0.25) is 5.91 Å². The molecule has 0 radical (unpaired) electrons. The van der Waals surface area contributed by atoms with E-state index in [0.29, 0.717) is 29.6 Å². The summed E-state index contributed by atoms with van der Waals surface area (Å²) in [6.45, 7) is 0.494. The number of amides is 2. The molecular weight excluding hydrogens is 364 g/mol. The fraction of sp³-hybridized carbons (Fsp3) is 0.435. The number of rotatable bonds is 5. The molecule has 4 rings (SSSR count). The molecule has 1 heterocycles. The van der Waals surface area contributed by atoms with Crippen molar-refractivity contribution in [3.05, 3.63) is 59.9 Å². The molecule has 1 aromatic heterocycles. The number of carbonyl (C=O) groups is 2. The van der Waals surface area contributed by atoms with Gasteiger partial charge in [-0.15, -0.1) is 0 Å². The van der Waals surface area contributed by atoms with Gasteiger partial charge in [0.15, 0.2) is 0 Å². The zero-order chi connectivity index (χ0) is 20.2. The van der Waals surface area contributed by atoms with Crippen LogP contribution in [0.3, 0.4) is 0 Å². The Balaban J connectivity index is 1.28. The summed E-state index contributed by atoms with van der Waals surface area (Å²) in [4.78, 5) is 28.8. The summed E-state index contributed by atoms with van der Waals surface area (Å²) in [5, 5.41) is 5.93. The van der Waals surface area contributed by atoms with Gasteiger partial charge >= 0.3 is 0 Å². The first-order chi connectivity index (χ1) is 14.1. The lowest BCUT2D eigenvalue weighted by Gasteiger charge is -2.43. The quantitative estimate of drug-likeness (QED) is 0.728. The van der Waals surface area contributed by atoms with Crippen molar-refractivity contribution in [2.75, 3.05) is 5.32 Å². The monoisotopic (exact) mass is 392 g/mol. The highest BCUT2D eigenvalue weighted by molar-refractivity contribution is 6.04. The zero-order valence-electron chi connectivity index (χ0n) is 16.5. The SMILES string of the molecule is NC1C2CCCC1CC(C(=O)NCc1ccc(NC(=O)c3cccnc3)cc1)C2. The highest BCUT2D eigenvalue weighted by Gasteiger charge is 2.40. The second kappa shape index (κ2) is 8.74. The first-order valence-corrected chi connectivity index (χ1v) is 10.4. The first kappa shape index (κ1) is 19.6. The minimum absolute atomic E-state index is 0.0862. The smallest absolute Gasteiger partial charge is 0.257 e. The van der Waals surface area contributed by atoms with Gasteiger partial charge in [-0.3, -0.25) is 14.6 Å². The van der Waals surface area contributed by atoms with E-state index in [2.05, 4.69) is 15.6 Å². The van der Waals surface area contributed by atoms with Gasteiger partial charge in [-0.05, 0) is 67.3 Å². The Morgan fingerprint density at radius 2 is 1.79 bits per heavy atom. The van der Waals surface area contributed by atoms with Gasteiger partial charge in [-0.2, -0.15) is 0 Å². The second-order valence-corrected chi connectivity index (χ2v) is 8.31. The number of hydrogen-bond donors (Lipinski definition) is 3. The molecule has 2 atom stereocenters. The molecule has 152 valence electrons. The van der Waals surface area contributed by atoms with Crippen molar-refractivity contribution >= 4 is 17.5 Å². The summed E-state index contributed by atoms with van der Waals surface area (Å²) in [5.74, 6) is 1.04. The third-order valence-electron chi connectivity index (χ3n) is 6.39. The topological polar surface area (TPSA) is 97.1 Å². The van der Waals surface area contributed by atoms with Crippen LogP contribution in [0.1, 0.15) is 48.0 Å². The van der Waals surface area contributed by atoms with Crippen LogP contribution in [-0.2, 0) is 11.3 Å². The Morgan fingerprint density at radius 3 is 2.45 bits per heavy atom. The van der Waals surface area contributed by atoms with E-state index in [-0.39, 0.29) is 23.8 Å². The number of pyridine rings is 1. The van der Waals surface area contributed by atoms with Crippen molar-refractivity contribution in [2.45, 2.75) is 44.7 Å². The summed E-state index contributed by atoms with van der Waals surface area (Å²) < 4.78 is 0. The maximum absolute atomic E-state index is 12.7. The minimum Gasteiger partial charge on any atom is -0.352 e. The number of hydrogen-bond acceptors (Lipinski definition) is 4. The first-order valence-electron chi connectivity index (χ1n) is 10.4. The number of aromatic nitrogens is 1. The Bertz CT molecular complexity index is 839. The van der Waals surface area contributed by atoms with Gasteiger partial charge in [-0.25, -0.2) is 0 Å². The predicted octanol–water partition coefficient (Wildman–Crippen LogP) is 3.10. The molecule has 2 aromatic rings. The average molecular weight is 393 g/mol. The molecule has 6 heteroatoms. The number of nitrogens with one attached hydrogen (secondary N) is 2. The van der Waals surface area contributed by atoms with E-state index in [1.807, 2.05) is 24.3 Å². The molecule has 6 nitrogen and oxygen atoms in total. The maximum Gasteiger partial charge on any atom is 0.257 e. The Morgan fingerprint density at radius 1 is 1.07 bits per heavy atom. The summed E-state index contributed by atoms with van der Waals surface area (Å²) in [5.41, 5.74) is 8.56. The van der Waals surface area contributed by atoms with Crippen LogP contribution in [0.15, 0.2) is 48.8 Å². The molecule has 29 heavy (non-hydrogen) atoms. The molecule has 0 saturated heterocycles. The Kier molecular flexibility index (Phi) is 5.90. The third kappa shape index (κ3) is 4.65. The van der Waals surface area contributed by atoms with E-state index in [4.69, 9.17) is 5.73 Å². The number of nitrogens with two attached hydrogens (primary N) is 1.